The summed E-state index contributed by atoms with van der Waals surface area (Å²) in [4.78, 5) is 73.7. The number of tetrazole rings is 1. The summed E-state index contributed by atoms with van der Waals surface area (Å²) in [5.74, 6) is -7.18. The number of hydrogen-bond acceptors (Lipinski definition) is 16. The average Bonchev–Trinajstić information content (AvgIpc) is 3.86. The number of piperidine rings is 1. The van der Waals surface area contributed by atoms with Crippen molar-refractivity contribution < 1.29 is 58.1 Å². The second-order valence-electron chi connectivity index (χ2n) is 14.0. The summed E-state index contributed by atoms with van der Waals surface area (Å²) in [6.07, 6.45) is 0.129. The van der Waals surface area contributed by atoms with Crippen LogP contribution < -0.4 is 16.4 Å². The highest BCUT2D eigenvalue weighted by Crippen LogP contribution is 2.47. The molecule has 1 aromatic carbocycles. The first-order valence-corrected chi connectivity index (χ1v) is 19.1. The molecule has 3 amide bonds. The number of carbonyl (C=O) groups is 5. The number of aromatic nitrogens is 5. The number of nitrogens with one attached hydrogen (secondary N) is 3. The number of anilines is 1. The second kappa shape index (κ2) is 15.0. The van der Waals surface area contributed by atoms with Crippen molar-refractivity contribution in [2.45, 2.75) is 67.7 Å². The third-order valence-electron chi connectivity index (χ3n) is 10.6. The van der Waals surface area contributed by atoms with Crippen molar-refractivity contribution in [2.75, 3.05) is 25.1 Å². The van der Waals surface area contributed by atoms with E-state index in [2.05, 4.69) is 48.4 Å². The number of thiazole rings is 1. The maximum atomic E-state index is 14.0. The molecule has 2 bridgehead atoms. The van der Waals surface area contributed by atoms with Crippen LogP contribution in [0.5, 0.6) is 11.5 Å². The third-order valence-corrected chi connectivity index (χ3v) is 12.6. The molecular weight excluding hydrogens is 782 g/mol. The number of carboxylic acids is 2. The molecule has 7 rings (SSSR count). The number of β-lactam (4-membered cyclic amide) rings is 1. The maximum Gasteiger partial charge on any atom is 0.348 e. The predicted octanol–water partition coefficient (Wildman–Crippen LogP) is -0.181. The zero-order chi connectivity index (χ0) is 40.1. The van der Waals surface area contributed by atoms with Crippen LogP contribution >= 0.6 is 23.1 Å². The van der Waals surface area contributed by atoms with Crippen molar-refractivity contribution in [1.82, 2.24) is 41.1 Å². The average molecular weight is 817 g/mol. The first kappa shape index (κ1) is 38.4. The predicted molar refractivity (Wildman–Crippen MR) is 192 cm³/mol. The van der Waals surface area contributed by atoms with Gasteiger partial charge in [-0.1, -0.05) is 5.16 Å². The Labute approximate surface area is 323 Å². The molecule has 6 heterocycles. The number of amides is 3. The van der Waals surface area contributed by atoms with Crippen LogP contribution in [-0.4, -0.2) is 146 Å². The Kier molecular flexibility index (Phi) is 10.3. The monoisotopic (exact) mass is 816 g/mol. The number of likely N-dealkylation sites (N-methyl/N-ethyl adjacent to an activating group) is 1. The Morgan fingerprint density at radius 2 is 1.91 bits per heavy atom. The van der Waals surface area contributed by atoms with Crippen LogP contribution in [0.4, 0.5) is 9.52 Å². The number of benzene rings is 1. The number of nitrogens with two attached hydrogens (primary N) is 1. The first-order chi connectivity index (χ1) is 26.6. The van der Waals surface area contributed by atoms with Crippen molar-refractivity contribution in [3.8, 4) is 11.5 Å². The van der Waals surface area contributed by atoms with Crippen molar-refractivity contribution in [2.24, 2.45) is 5.16 Å². The SMILES string of the molecule is C[N+]1(CC2=C(c3nnn[nH]3)N3C(=O)[C@@H](NC(=O)/C(=N\O[C@@H](CC(=O)O)C(=O)O)c4csc(N)n4)[C@H]3SC2)[C@@H]2CC[C@H]1C[C@@H](NC(=O)c1cc(O)c(O)c(F)c1)C2. The fourth-order valence-corrected chi connectivity index (χ4v) is 9.74. The minimum absolute atomic E-state index is 0.0585. The van der Waals surface area contributed by atoms with E-state index < -0.39 is 76.6 Å². The fourth-order valence-electron chi connectivity index (χ4n) is 7.86. The summed E-state index contributed by atoms with van der Waals surface area (Å²) in [6.45, 7) is 0.518. The van der Waals surface area contributed by atoms with Gasteiger partial charge in [0.2, 0.25) is 6.10 Å². The standard InChI is InChI=1S/C32H34FN11O10S2/c1-44(15-2-3-16(44)7-14(6-15)35-27(49)12-4-17(33)25(48)19(45)5-12)9-13-10-55-30-23(29(51)43(30)24(13)26-38-41-42-39-26)37-28(50)22(18-11-56-32(34)36-18)40-54-20(31(52)53)8-21(46)47/h4-5,11,14-16,20,23,30H,2-3,6-10H2,1H3,(H8-,34,35,36,37,38,39,40,41,42,45,46,47,48,49,50,52,53)/p+1/t14-,15+,16-,20-,23+,30+,44?/m0/s1. The number of carbonyl (C=O) groups excluding carboxylic acids is 3. The quantitative estimate of drug-likeness (QED) is 0.0365. The molecule has 7 atom stereocenters. The number of halogens is 1. The molecule has 0 spiro atoms. The molecule has 3 aromatic rings. The summed E-state index contributed by atoms with van der Waals surface area (Å²) in [6, 6.07) is 0.815. The second-order valence-corrected chi connectivity index (χ2v) is 16.0. The van der Waals surface area contributed by atoms with Crippen LogP contribution in [0.2, 0.25) is 0 Å². The van der Waals surface area contributed by atoms with Gasteiger partial charge in [0.25, 0.3) is 17.7 Å². The molecule has 296 valence electrons. The van der Waals surface area contributed by atoms with Crippen LogP contribution in [0.1, 0.15) is 54.0 Å². The summed E-state index contributed by atoms with van der Waals surface area (Å²) in [5.41, 5.74) is 6.39. The number of quaternary nitrogens is 1. The molecule has 2 aromatic heterocycles. The molecule has 24 heteroatoms. The number of carboxylic acid groups (broad SMARTS) is 2. The molecule has 3 fully saturated rings. The Bertz CT molecular complexity index is 2130. The minimum atomic E-state index is -1.92. The molecular formula is C32H35FN11O10S2+. The van der Waals surface area contributed by atoms with E-state index >= 15 is 0 Å². The van der Waals surface area contributed by atoms with Gasteiger partial charge < -0.3 is 46.1 Å². The summed E-state index contributed by atoms with van der Waals surface area (Å²) in [7, 11) is 2.13. The highest BCUT2D eigenvalue weighted by Gasteiger charge is 2.57. The van der Waals surface area contributed by atoms with E-state index in [0.717, 1.165) is 41.9 Å². The number of oxime groups is 1. The van der Waals surface area contributed by atoms with Gasteiger partial charge in [0.05, 0.1) is 31.2 Å². The van der Waals surface area contributed by atoms with E-state index in [1.54, 1.807) is 0 Å². The summed E-state index contributed by atoms with van der Waals surface area (Å²) >= 11 is 2.37. The van der Waals surface area contributed by atoms with E-state index in [-0.39, 0.29) is 40.3 Å². The minimum Gasteiger partial charge on any atom is -0.504 e. The molecule has 0 radical (unpaired) electrons. The van der Waals surface area contributed by atoms with Gasteiger partial charge in [0.1, 0.15) is 23.7 Å². The Morgan fingerprint density at radius 3 is 2.52 bits per heavy atom. The van der Waals surface area contributed by atoms with Crippen molar-refractivity contribution in [3.05, 3.63) is 46.0 Å². The number of aromatic amines is 1. The van der Waals surface area contributed by atoms with Gasteiger partial charge in [-0.2, -0.15) is 0 Å². The van der Waals surface area contributed by atoms with Gasteiger partial charge in [-0.15, -0.1) is 28.2 Å². The zero-order valence-electron chi connectivity index (χ0n) is 29.3. The van der Waals surface area contributed by atoms with Crippen LogP contribution in [0, 0.1) is 5.82 Å². The number of nitrogen functional groups attached to an aromatic ring is 1. The van der Waals surface area contributed by atoms with E-state index in [1.165, 1.54) is 22.0 Å². The van der Waals surface area contributed by atoms with Crippen molar-refractivity contribution in [1.29, 1.82) is 0 Å². The van der Waals surface area contributed by atoms with Gasteiger partial charge in [-0.05, 0) is 22.6 Å². The molecule has 1 unspecified atom stereocenters. The van der Waals surface area contributed by atoms with Gasteiger partial charge in [-0.3, -0.25) is 24.1 Å². The molecule has 3 saturated heterocycles. The highest BCUT2D eigenvalue weighted by molar-refractivity contribution is 8.00. The summed E-state index contributed by atoms with van der Waals surface area (Å²) < 4.78 is 14.6. The number of nitrogens with zero attached hydrogens (tertiary/aromatic N) is 7. The van der Waals surface area contributed by atoms with E-state index in [9.17, 15) is 43.7 Å². The lowest BCUT2D eigenvalue weighted by Gasteiger charge is -2.52. The number of rotatable bonds is 13. The topological polar surface area (TPSA) is 309 Å². The lowest BCUT2D eigenvalue weighted by molar-refractivity contribution is -0.944. The number of phenolic OH excluding ortho intramolecular Hbond substituents is 2. The Morgan fingerprint density at radius 1 is 1.18 bits per heavy atom. The van der Waals surface area contributed by atoms with Crippen LogP contribution in [0.3, 0.4) is 0 Å². The number of aliphatic carboxylic acids is 2. The van der Waals surface area contributed by atoms with E-state index in [0.29, 0.717) is 35.3 Å². The number of thioether (sulfide) groups is 1. The van der Waals surface area contributed by atoms with E-state index in [1.807, 2.05) is 0 Å². The number of aromatic hydroxyl groups is 2. The molecule has 0 aliphatic carbocycles. The molecule has 9 N–H and O–H groups in total. The lowest BCUT2D eigenvalue weighted by atomic mass is 9.92. The van der Waals surface area contributed by atoms with Crippen molar-refractivity contribution in [3.63, 3.8) is 0 Å². The maximum absolute atomic E-state index is 14.0. The normalized spacial score (nSPS) is 26.2. The van der Waals surface area contributed by atoms with Crippen LogP contribution in [-0.2, 0) is 24.0 Å². The first-order valence-electron chi connectivity index (χ1n) is 17.1. The van der Waals surface area contributed by atoms with Crippen LogP contribution in [0.25, 0.3) is 5.70 Å². The van der Waals surface area contributed by atoms with E-state index in [4.69, 9.17) is 15.7 Å². The smallest absolute Gasteiger partial charge is 0.348 e. The van der Waals surface area contributed by atoms with Gasteiger partial charge in [0.15, 0.2) is 34.0 Å². The van der Waals surface area contributed by atoms with Gasteiger partial charge >= 0.3 is 11.9 Å². The number of fused-ring (bicyclic) bond motifs is 3. The van der Waals surface area contributed by atoms with Gasteiger partial charge in [-0.25, -0.2) is 19.3 Å². The summed E-state index contributed by atoms with van der Waals surface area (Å²) in [5, 5.41) is 62.2. The lowest BCUT2D eigenvalue weighted by Crippen LogP contribution is -2.70. The Hall–Kier alpha value is -5.88. The molecule has 4 aliphatic heterocycles. The van der Waals surface area contributed by atoms with Crippen molar-refractivity contribution >= 4 is 69.3 Å². The zero-order valence-corrected chi connectivity index (χ0v) is 30.9. The highest BCUT2D eigenvalue weighted by atomic mass is 32.2. The largest absolute Gasteiger partial charge is 0.504 e. The Balaban J connectivity index is 1.08. The van der Waals surface area contributed by atoms with Crippen LogP contribution in [0.15, 0.2) is 28.2 Å². The number of phenols is 2. The van der Waals surface area contributed by atoms with Gasteiger partial charge in [0, 0.05) is 54.0 Å². The molecule has 21 nitrogen and oxygen atoms in total. The number of hydrogen-bond donors (Lipinski definition) is 8. The third kappa shape index (κ3) is 7.16. The number of H-pyrrole nitrogens is 1. The fraction of sp³-hybridized carbons (Fsp3) is 0.438. The molecule has 56 heavy (non-hydrogen) atoms. The molecule has 4 aliphatic rings. The molecule has 0 saturated carbocycles.